The van der Waals surface area contributed by atoms with E-state index in [1.165, 1.54) is 6.26 Å². The Bertz CT molecular complexity index is 646. The fourth-order valence-corrected chi connectivity index (χ4v) is 2.67. The molecule has 2 aromatic rings. The molecule has 4 heteroatoms. The summed E-state index contributed by atoms with van der Waals surface area (Å²) in [7, 11) is -3.04. The molecule has 0 aliphatic heterocycles. The molecule has 3 nitrogen and oxygen atoms in total. The van der Waals surface area contributed by atoms with Crippen molar-refractivity contribution in [3.63, 3.8) is 0 Å². The van der Waals surface area contributed by atoms with E-state index in [1.54, 1.807) is 0 Å². The van der Waals surface area contributed by atoms with Gasteiger partial charge in [-0.3, -0.25) is 0 Å². The van der Waals surface area contributed by atoms with Gasteiger partial charge >= 0.3 is 0 Å². The van der Waals surface area contributed by atoms with Crippen molar-refractivity contribution in [3.05, 3.63) is 60.2 Å². The summed E-state index contributed by atoms with van der Waals surface area (Å²) in [5.74, 6) is -0.00535. The van der Waals surface area contributed by atoms with Crippen LogP contribution in [0.4, 0.5) is 0 Å². The van der Waals surface area contributed by atoms with E-state index in [9.17, 15) is 13.5 Å². The number of aliphatic hydroxyl groups excluding tert-OH is 1. The van der Waals surface area contributed by atoms with E-state index in [4.69, 9.17) is 0 Å². The lowest BCUT2D eigenvalue weighted by molar-refractivity contribution is 0.174. The van der Waals surface area contributed by atoms with Crippen LogP contribution in [0.3, 0.4) is 0 Å². The van der Waals surface area contributed by atoms with E-state index >= 15 is 0 Å². The van der Waals surface area contributed by atoms with Crippen LogP contribution >= 0.6 is 0 Å². The van der Waals surface area contributed by atoms with Gasteiger partial charge in [0.25, 0.3) is 0 Å². The first kappa shape index (κ1) is 14.8. The summed E-state index contributed by atoms with van der Waals surface area (Å²) in [6.45, 7) is 0. The number of sulfone groups is 1. The molecule has 0 aromatic heterocycles. The van der Waals surface area contributed by atoms with Gasteiger partial charge in [0.2, 0.25) is 0 Å². The second kappa shape index (κ2) is 6.20. The van der Waals surface area contributed by atoms with E-state index < -0.39 is 15.9 Å². The maximum atomic E-state index is 11.1. The van der Waals surface area contributed by atoms with Gasteiger partial charge in [0, 0.05) is 6.26 Å². The predicted octanol–water partition coefficient (Wildman–Crippen LogP) is 2.82. The van der Waals surface area contributed by atoms with Crippen molar-refractivity contribution < 1.29 is 13.5 Å². The lowest BCUT2D eigenvalue weighted by Gasteiger charge is -2.11. The van der Waals surface area contributed by atoms with Crippen LogP contribution in [0.1, 0.15) is 18.1 Å². The highest BCUT2D eigenvalue weighted by molar-refractivity contribution is 7.90. The summed E-state index contributed by atoms with van der Waals surface area (Å²) in [5.41, 5.74) is 2.93. The van der Waals surface area contributed by atoms with Crippen molar-refractivity contribution in [1.29, 1.82) is 0 Å². The normalized spacial score (nSPS) is 13.1. The third-order valence-electron chi connectivity index (χ3n) is 3.16. The number of benzene rings is 2. The predicted molar refractivity (Wildman–Crippen MR) is 81.2 cm³/mol. The highest BCUT2D eigenvalue weighted by atomic mass is 32.2. The summed E-state index contributed by atoms with van der Waals surface area (Å²) in [5, 5.41) is 9.98. The van der Waals surface area contributed by atoms with Crippen molar-refractivity contribution in [1.82, 2.24) is 0 Å². The molecule has 1 unspecified atom stereocenters. The average molecular weight is 290 g/mol. The Hall–Kier alpha value is -1.65. The van der Waals surface area contributed by atoms with Crippen LogP contribution in [-0.2, 0) is 9.84 Å². The van der Waals surface area contributed by atoms with Gasteiger partial charge in [-0.15, -0.1) is 0 Å². The quantitative estimate of drug-likeness (QED) is 0.921. The lowest BCUT2D eigenvalue weighted by Crippen LogP contribution is -2.08. The van der Waals surface area contributed by atoms with Gasteiger partial charge in [0.1, 0.15) is 9.84 Å². The van der Waals surface area contributed by atoms with Crippen molar-refractivity contribution in [2.75, 3.05) is 12.0 Å². The molecular formula is C16H18O3S. The minimum absolute atomic E-state index is 0.00535. The molecule has 106 valence electrons. The van der Waals surface area contributed by atoms with Crippen LogP contribution in [0.25, 0.3) is 11.1 Å². The van der Waals surface area contributed by atoms with Crippen LogP contribution in [0.5, 0.6) is 0 Å². The zero-order valence-corrected chi connectivity index (χ0v) is 12.2. The second-order valence-electron chi connectivity index (χ2n) is 4.92. The van der Waals surface area contributed by atoms with Gasteiger partial charge in [-0.2, -0.15) is 0 Å². The number of aliphatic hydroxyl groups is 1. The zero-order valence-electron chi connectivity index (χ0n) is 11.4. The Labute approximate surface area is 119 Å². The van der Waals surface area contributed by atoms with Gasteiger partial charge < -0.3 is 5.11 Å². The van der Waals surface area contributed by atoms with E-state index in [0.29, 0.717) is 0 Å². The standard InChI is InChI=1S/C16H18O3S/c1-20(18,19)12-11-16(17)15-9-7-14(8-10-15)13-5-3-2-4-6-13/h2-10,16-17H,11-12H2,1H3. The van der Waals surface area contributed by atoms with Crippen molar-refractivity contribution in [3.8, 4) is 11.1 Å². The fraction of sp³-hybridized carbons (Fsp3) is 0.250. The molecule has 0 bridgehead atoms. The smallest absolute Gasteiger partial charge is 0.147 e. The van der Waals surface area contributed by atoms with Crippen LogP contribution in [0.15, 0.2) is 54.6 Å². The van der Waals surface area contributed by atoms with Gasteiger partial charge in [-0.05, 0) is 23.1 Å². The Morgan fingerprint density at radius 1 is 0.950 bits per heavy atom. The molecule has 0 spiro atoms. The van der Waals surface area contributed by atoms with Crippen LogP contribution < -0.4 is 0 Å². The van der Waals surface area contributed by atoms with E-state index in [0.717, 1.165) is 16.7 Å². The summed E-state index contributed by atoms with van der Waals surface area (Å²) in [4.78, 5) is 0. The molecule has 1 atom stereocenters. The SMILES string of the molecule is CS(=O)(=O)CCC(O)c1ccc(-c2ccccc2)cc1. The molecule has 0 saturated carbocycles. The number of rotatable bonds is 5. The Morgan fingerprint density at radius 2 is 1.50 bits per heavy atom. The summed E-state index contributed by atoms with van der Waals surface area (Å²) in [6, 6.07) is 17.5. The molecule has 0 fully saturated rings. The molecule has 0 saturated heterocycles. The molecule has 2 aromatic carbocycles. The van der Waals surface area contributed by atoms with Crippen LogP contribution in [0, 0.1) is 0 Å². The molecule has 20 heavy (non-hydrogen) atoms. The Balaban J connectivity index is 2.08. The van der Waals surface area contributed by atoms with Gasteiger partial charge in [0.15, 0.2) is 0 Å². The second-order valence-corrected chi connectivity index (χ2v) is 7.18. The summed E-state index contributed by atoms with van der Waals surface area (Å²) in [6.07, 6.45) is 0.663. The highest BCUT2D eigenvalue weighted by Gasteiger charge is 2.11. The highest BCUT2D eigenvalue weighted by Crippen LogP contribution is 2.23. The minimum atomic E-state index is -3.04. The van der Waals surface area contributed by atoms with Gasteiger partial charge in [0.05, 0.1) is 11.9 Å². The molecule has 2 rings (SSSR count). The topological polar surface area (TPSA) is 54.4 Å². The van der Waals surface area contributed by atoms with Crippen LogP contribution in [0.2, 0.25) is 0 Å². The van der Waals surface area contributed by atoms with Crippen LogP contribution in [-0.4, -0.2) is 25.5 Å². The van der Waals surface area contributed by atoms with Gasteiger partial charge in [-0.25, -0.2) is 8.42 Å². The zero-order chi connectivity index (χ0) is 14.6. The average Bonchev–Trinajstić information content (AvgIpc) is 2.45. The third kappa shape index (κ3) is 4.18. The van der Waals surface area contributed by atoms with E-state index in [2.05, 4.69) is 0 Å². The molecule has 0 aliphatic carbocycles. The largest absolute Gasteiger partial charge is 0.388 e. The van der Waals surface area contributed by atoms with E-state index in [-0.39, 0.29) is 12.2 Å². The molecule has 0 radical (unpaired) electrons. The first-order valence-corrected chi connectivity index (χ1v) is 8.53. The molecular weight excluding hydrogens is 272 g/mol. The molecule has 0 heterocycles. The van der Waals surface area contributed by atoms with E-state index in [1.807, 2.05) is 54.6 Å². The first-order chi connectivity index (χ1) is 9.46. The fourth-order valence-electron chi connectivity index (χ4n) is 2.02. The number of hydrogen-bond acceptors (Lipinski definition) is 3. The first-order valence-electron chi connectivity index (χ1n) is 6.47. The van der Waals surface area contributed by atoms with Crippen molar-refractivity contribution >= 4 is 9.84 Å². The molecule has 0 aliphatic rings. The van der Waals surface area contributed by atoms with Crippen molar-refractivity contribution in [2.24, 2.45) is 0 Å². The maximum absolute atomic E-state index is 11.1. The van der Waals surface area contributed by atoms with Crippen molar-refractivity contribution in [2.45, 2.75) is 12.5 Å². The summed E-state index contributed by atoms with van der Waals surface area (Å²) < 4.78 is 22.2. The summed E-state index contributed by atoms with van der Waals surface area (Å²) >= 11 is 0. The Morgan fingerprint density at radius 3 is 2.05 bits per heavy atom. The number of hydrogen-bond donors (Lipinski definition) is 1. The lowest BCUT2D eigenvalue weighted by atomic mass is 10.0. The van der Waals surface area contributed by atoms with Gasteiger partial charge in [-0.1, -0.05) is 54.6 Å². The Kier molecular flexibility index (Phi) is 4.57. The third-order valence-corrected chi connectivity index (χ3v) is 4.14. The minimum Gasteiger partial charge on any atom is -0.388 e. The molecule has 0 amide bonds. The maximum Gasteiger partial charge on any atom is 0.147 e. The monoisotopic (exact) mass is 290 g/mol. The molecule has 1 N–H and O–H groups in total.